The van der Waals surface area contributed by atoms with Crippen LogP contribution in [0.4, 0.5) is 10.5 Å². The molecule has 2 atom stereocenters. The van der Waals surface area contributed by atoms with E-state index in [0.29, 0.717) is 17.7 Å². The first-order chi connectivity index (χ1) is 11.9. The molecule has 0 aliphatic carbocycles. The van der Waals surface area contributed by atoms with Gasteiger partial charge in [0.1, 0.15) is 11.6 Å². The summed E-state index contributed by atoms with van der Waals surface area (Å²) in [6, 6.07) is 4.41. The molecule has 0 aliphatic rings. The van der Waals surface area contributed by atoms with E-state index in [1.807, 2.05) is 20.8 Å². The lowest BCUT2D eigenvalue weighted by Crippen LogP contribution is -2.49. The predicted octanol–water partition coefficient (Wildman–Crippen LogP) is 4.08. The number of aryl methyl sites for hydroxylation is 1. The van der Waals surface area contributed by atoms with Crippen molar-refractivity contribution >= 4 is 23.5 Å². The number of amides is 2. The van der Waals surface area contributed by atoms with Crippen LogP contribution < -0.4 is 10.6 Å². The molecule has 144 valence electrons. The Kier molecular flexibility index (Phi) is 7.36. The highest BCUT2D eigenvalue weighted by Crippen LogP contribution is 2.19. The summed E-state index contributed by atoms with van der Waals surface area (Å²) >= 11 is 0. The lowest BCUT2D eigenvalue weighted by atomic mass is 9.98. The Labute approximate surface area is 155 Å². The topological polar surface area (TPSA) is 84.5 Å². The molecule has 0 heterocycles. The monoisotopic (exact) mass is 362 g/mol. The van der Waals surface area contributed by atoms with Crippen molar-refractivity contribution in [3.8, 4) is 0 Å². The molecule has 1 rings (SSSR count). The lowest BCUT2D eigenvalue weighted by molar-refractivity contribution is -0.119. The molecule has 2 N–H and O–H groups in total. The van der Waals surface area contributed by atoms with Gasteiger partial charge in [-0.2, -0.15) is 0 Å². The fourth-order valence-electron chi connectivity index (χ4n) is 2.32. The number of carbonyl (C=O) groups excluding carboxylic acids is 3. The molecular weight excluding hydrogens is 332 g/mol. The van der Waals surface area contributed by atoms with Crippen LogP contribution in [-0.2, 0) is 9.53 Å². The molecule has 0 aliphatic heterocycles. The molecule has 0 aromatic heterocycles. The highest BCUT2D eigenvalue weighted by Gasteiger charge is 2.28. The number of Topliss-reactive ketones (excluding diaryl/α,β-unsaturated/α-hetero) is 1. The maximum atomic E-state index is 12.8. The van der Waals surface area contributed by atoms with E-state index in [9.17, 15) is 14.4 Å². The van der Waals surface area contributed by atoms with Crippen LogP contribution in [0.15, 0.2) is 18.2 Å². The van der Waals surface area contributed by atoms with E-state index < -0.39 is 17.7 Å². The SMILES string of the molecule is CCC(C)C(NC(=O)OC(C)(C)C)C(=O)Nc1cc(C(C)=O)ccc1C. The number of hydrogen-bond donors (Lipinski definition) is 2. The van der Waals surface area contributed by atoms with Crippen molar-refractivity contribution in [3.63, 3.8) is 0 Å². The van der Waals surface area contributed by atoms with Gasteiger partial charge in [-0.1, -0.05) is 32.4 Å². The van der Waals surface area contributed by atoms with Crippen molar-refractivity contribution in [2.75, 3.05) is 5.32 Å². The molecule has 0 saturated carbocycles. The van der Waals surface area contributed by atoms with Crippen molar-refractivity contribution in [1.82, 2.24) is 5.32 Å². The van der Waals surface area contributed by atoms with Gasteiger partial charge in [0, 0.05) is 11.3 Å². The van der Waals surface area contributed by atoms with Gasteiger partial charge in [-0.15, -0.1) is 0 Å². The number of nitrogens with one attached hydrogen (secondary N) is 2. The zero-order chi connectivity index (χ0) is 20.1. The minimum Gasteiger partial charge on any atom is -0.444 e. The van der Waals surface area contributed by atoms with Crippen LogP contribution in [0.2, 0.25) is 0 Å². The van der Waals surface area contributed by atoms with E-state index in [1.165, 1.54) is 6.92 Å². The average Bonchev–Trinajstić information content (AvgIpc) is 2.51. The fraction of sp³-hybridized carbons (Fsp3) is 0.550. The third kappa shape index (κ3) is 6.50. The zero-order valence-corrected chi connectivity index (χ0v) is 16.7. The molecule has 0 spiro atoms. The van der Waals surface area contributed by atoms with E-state index in [0.717, 1.165) is 5.56 Å². The maximum Gasteiger partial charge on any atom is 0.408 e. The minimum absolute atomic E-state index is 0.0779. The van der Waals surface area contributed by atoms with Gasteiger partial charge in [0.15, 0.2) is 5.78 Å². The number of ether oxygens (including phenoxy) is 1. The Morgan fingerprint density at radius 2 is 1.81 bits per heavy atom. The number of ketones is 1. The van der Waals surface area contributed by atoms with Crippen LogP contribution in [0, 0.1) is 12.8 Å². The van der Waals surface area contributed by atoms with Gasteiger partial charge in [0.25, 0.3) is 0 Å². The predicted molar refractivity (Wildman–Crippen MR) is 102 cm³/mol. The third-order valence-electron chi connectivity index (χ3n) is 4.07. The smallest absolute Gasteiger partial charge is 0.408 e. The molecule has 26 heavy (non-hydrogen) atoms. The first-order valence-electron chi connectivity index (χ1n) is 8.86. The van der Waals surface area contributed by atoms with Crippen molar-refractivity contribution in [1.29, 1.82) is 0 Å². The van der Waals surface area contributed by atoms with Crippen molar-refractivity contribution < 1.29 is 19.1 Å². The number of rotatable bonds is 6. The number of alkyl carbamates (subject to hydrolysis) is 1. The summed E-state index contributed by atoms with van der Waals surface area (Å²) in [5.74, 6) is -0.501. The zero-order valence-electron chi connectivity index (χ0n) is 16.7. The molecule has 0 bridgehead atoms. The van der Waals surface area contributed by atoms with Gasteiger partial charge >= 0.3 is 6.09 Å². The molecule has 1 aromatic carbocycles. The summed E-state index contributed by atoms with van der Waals surface area (Å²) in [7, 11) is 0. The molecule has 6 heteroatoms. The lowest BCUT2D eigenvalue weighted by Gasteiger charge is -2.26. The number of hydrogen-bond acceptors (Lipinski definition) is 4. The third-order valence-corrected chi connectivity index (χ3v) is 4.07. The van der Waals surface area contributed by atoms with Gasteiger partial charge in [0.05, 0.1) is 0 Å². The summed E-state index contributed by atoms with van der Waals surface area (Å²) in [5.41, 5.74) is 1.27. The Morgan fingerprint density at radius 1 is 1.19 bits per heavy atom. The molecule has 1 aromatic rings. The first-order valence-corrected chi connectivity index (χ1v) is 8.86. The van der Waals surface area contributed by atoms with E-state index in [4.69, 9.17) is 4.74 Å². The molecule has 0 radical (unpaired) electrons. The van der Waals surface area contributed by atoms with E-state index >= 15 is 0 Å². The van der Waals surface area contributed by atoms with Crippen molar-refractivity contribution in [2.45, 2.75) is 66.5 Å². The van der Waals surface area contributed by atoms with Crippen LogP contribution in [0.5, 0.6) is 0 Å². The van der Waals surface area contributed by atoms with E-state index in [2.05, 4.69) is 10.6 Å². The molecule has 6 nitrogen and oxygen atoms in total. The van der Waals surface area contributed by atoms with Crippen LogP contribution >= 0.6 is 0 Å². The van der Waals surface area contributed by atoms with Crippen LogP contribution in [-0.4, -0.2) is 29.4 Å². The Balaban J connectivity index is 2.98. The molecule has 0 fully saturated rings. The molecular formula is C20H30N2O4. The summed E-state index contributed by atoms with van der Waals surface area (Å²) < 4.78 is 5.26. The highest BCUT2D eigenvalue weighted by atomic mass is 16.6. The van der Waals surface area contributed by atoms with Crippen LogP contribution in [0.3, 0.4) is 0 Å². The second kappa shape index (κ2) is 8.83. The minimum atomic E-state index is -0.741. The Bertz CT molecular complexity index is 677. The van der Waals surface area contributed by atoms with Gasteiger partial charge < -0.3 is 15.4 Å². The number of anilines is 1. The molecule has 0 saturated heterocycles. The van der Waals surface area contributed by atoms with Gasteiger partial charge in [0.2, 0.25) is 5.91 Å². The first kappa shape index (κ1) is 21.7. The van der Waals surface area contributed by atoms with E-state index in [1.54, 1.807) is 39.0 Å². The molecule has 2 amide bonds. The second-order valence-electron chi connectivity index (χ2n) is 7.58. The Morgan fingerprint density at radius 3 is 2.31 bits per heavy atom. The molecule has 2 unspecified atom stereocenters. The average molecular weight is 362 g/mol. The standard InChI is InChI=1S/C20H30N2O4/c1-8-12(2)17(22-19(25)26-20(5,6)7)18(24)21-16-11-15(14(4)23)10-9-13(16)3/h9-12,17H,8H2,1-7H3,(H,21,24)(H,22,25). The highest BCUT2D eigenvalue weighted by molar-refractivity contribution is 6.00. The summed E-state index contributed by atoms with van der Waals surface area (Å²) in [6.07, 6.45) is 0.0764. The summed E-state index contributed by atoms with van der Waals surface area (Å²) in [5, 5.41) is 5.49. The fourth-order valence-corrected chi connectivity index (χ4v) is 2.32. The largest absolute Gasteiger partial charge is 0.444 e. The Hall–Kier alpha value is -2.37. The van der Waals surface area contributed by atoms with Crippen molar-refractivity contribution in [2.24, 2.45) is 5.92 Å². The van der Waals surface area contributed by atoms with Gasteiger partial charge in [-0.05, 0) is 52.2 Å². The van der Waals surface area contributed by atoms with Crippen LogP contribution in [0.25, 0.3) is 0 Å². The number of benzene rings is 1. The van der Waals surface area contributed by atoms with E-state index in [-0.39, 0.29) is 17.6 Å². The number of carbonyl (C=O) groups is 3. The normalized spacial score (nSPS) is 13.5. The summed E-state index contributed by atoms with van der Waals surface area (Å²) in [4.78, 5) is 36.5. The van der Waals surface area contributed by atoms with Crippen LogP contribution in [0.1, 0.15) is 63.9 Å². The second-order valence-corrected chi connectivity index (χ2v) is 7.58. The maximum absolute atomic E-state index is 12.8. The summed E-state index contributed by atoms with van der Waals surface area (Å²) in [6.45, 7) is 12.5. The van der Waals surface area contributed by atoms with Gasteiger partial charge in [-0.25, -0.2) is 4.79 Å². The van der Waals surface area contributed by atoms with Gasteiger partial charge in [-0.3, -0.25) is 9.59 Å². The van der Waals surface area contributed by atoms with Crippen molar-refractivity contribution in [3.05, 3.63) is 29.3 Å². The quantitative estimate of drug-likeness (QED) is 0.747.